The normalized spacial score (nSPS) is 10.6. The van der Waals surface area contributed by atoms with Crippen LogP contribution in [0.5, 0.6) is 0 Å². The summed E-state index contributed by atoms with van der Waals surface area (Å²) in [5.74, 6) is 1.23. The zero-order valence-electron chi connectivity index (χ0n) is 11.4. The molecule has 21 heavy (non-hydrogen) atoms. The molecule has 6 nitrogen and oxygen atoms in total. The average molecular weight is 299 g/mol. The highest BCUT2D eigenvalue weighted by atomic mass is 35.5. The Bertz CT molecular complexity index is 846. The predicted octanol–water partition coefficient (Wildman–Crippen LogP) is 2.73. The number of hydrogen-bond acceptors (Lipinski definition) is 5. The van der Waals surface area contributed by atoms with Crippen LogP contribution in [0.4, 0.5) is 11.5 Å². The van der Waals surface area contributed by atoms with Crippen LogP contribution in [-0.4, -0.2) is 26.6 Å². The van der Waals surface area contributed by atoms with Gasteiger partial charge in [-0.1, -0.05) is 11.6 Å². The van der Waals surface area contributed by atoms with Gasteiger partial charge in [-0.25, -0.2) is 0 Å². The lowest BCUT2D eigenvalue weighted by Crippen LogP contribution is -2.16. The Morgan fingerprint density at radius 3 is 2.67 bits per heavy atom. The lowest BCUT2D eigenvalue weighted by Gasteiger charge is -2.22. The molecule has 1 aromatic carbocycles. The number of aromatic nitrogens is 4. The van der Waals surface area contributed by atoms with E-state index < -0.39 is 0 Å². The third-order valence-electron chi connectivity index (χ3n) is 3.27. The predicted molar refractivity (Wildman–Crippen MR) is 79.7 cm³/mol. The van der Waals surface area contributed by atoms with Crippen molar-refractivity contribution >= 4 is 28.9 Å². The fraction of sp³-hybridized carbons (Fsp3) is 0.143. The number of nitriles is 1. The molecule has 0 aliphatic heterocycles. The molecule has 0 aliphatic carbocycles. The quantitative estimate of drug-likeness (QED) is 0.680. The SMILES string of the molecule is Cc1c(Cl)nc2ncnn2c1N(C)c1ccc(C#N)cc1. The van der Waals surface area contributed by atoms with Gasteiger partial charge in [0.25, 0.3) is 5.78 Å². The topological polar surface area (TPSA) is 70.1 Å². The summed E-state index contributed by atoms with van der Waals surface area (Å²) in [7, 11) is 1.90. The van der Waals surface area contributed by atoms with Crippen LogP contribution in [0.25, 0.3) is 5.78 Å². The molecule has 0 atom stereocenters. The Kier molecular flexibility index (Phi) is 3.20. The van der Waals surface area contributed by atoms with Crippen LogP contribution in [-0.2, 0) is 0 Å². The van der Waals surface area contributed by atoms with E-state index in [4.69, 9.17) is 16.9 Å². The lowest BCUT2D eigenvalue weighted by molar-refractivity contribution is 0.900. The van der Waals surface area contributed by atoms with Crippen molar-refractivity contribution in [1.82, 2.24) is 19.6 Å². The van der Waals surface area contributed by atoms with Gasteiger partial charge in [-0.2, -0.15) is 24.8 Å². The van der Waals surface area contributed by atoms with E-state index in [9.17, 15) is 0 Å². The highest BCUT2D eigenvalue weighted by Gasteiger charge is 2.17. The van der Waals surface area contributed by atoms with E-state index in [1.807, 2.05) is 31.0 Å². The molecule has 7 heteroatoms. The Morgan fingerprint density at radius 1 is 1.29 bits per heavy atom. The number of anilines is 2. The molecular weight excluding hydrogens is 288 g/mol. The lowest BCUT2D eigenvalue weighted by atomic mass is 10.2. The van der Waals surface area contributed by atoms with Crippen molar-refractivity contribution < 1.29 is 0 Å². The van der Waals surface area contributed by atoms with Crippen molar-refractivity contribution in [2.24, 2.45) is 0 Å². The Labute approximate surface area is 126 Å². The minimum atomic E-state index is 0.394. The second kappa shape index (κ2) is 5.04. The van der Waals surface area contributed by atoms with Crippen LogP contribution in [0.15, 0.2) is 30.6 Å². The summed E-state index contributed by atoms with van der Waals surface area (Å²) >= 11 is 6.17. The first kappa shape index (κ1) is 13.3. The average Bonchev–Trinajstić information content (AvgIpc) is 2.95. The number of rotatable bonds is 2. The number of hydrogen-bond donors (Lipinski definition) is 0. The zero-order chi connectivity index (χ0) is 15.0. The van der Waals surface area contributed by atoms with Crippen LogP contribution < -0.4 is 4.90 Å². The van der Waals surface area contributed by atoms with Gasteiger partial charge >= 0.3 is 0 Å². The first-order valence-corrected chi connectivity index (χ1v) is 6.59. The van der Waals surface area contributed by atoms with Gasteiger partial charge in [-0.15, -0.1) is 0 Å². The van der Waals surface area contributed by atoms with Crippen LogP contribution in [0.1, 0.15) is 11.1 Å². The van der Waals surface area contributed by atoms with E-state index in [-0.39, 0.29) is 0 Å². The minimum absolute atomic E-state index is 0.394. The van der Waals surface area contributed by atoms with Gasteiger partial charge < -0.3 is 4.90 Å². The van der Waals surface area contributed by atoms with E-state index in [2.05, 4.69) is 21.1 Å². The monoisotopic (exact) mass is 298 g/mol. The van der Waals surface area contributed by atoms with Crippen molar-refractivity contribution in [2.75, 3.05) is 11.9 Å². The maximum atomic E-state index is 8.87. The molecular formula is C14H11ClN6. The molecule has 0 fully saturated rings. The minimum Gasteiger partial charge on any atom is -0.329 e. The number of fused-ring (bicyclic) bond motifs is 1. The number of nitrogens with zero attached hydrogens (tertiary/aromatic N) is 6. The molecule has 0 bridgehead atoms. The molecule has 0 N–H and O–H groups in total. The summed E-state index contributed by atoms with van der Waals surface area (Å²) < 4.78 is 1.64. The molecule has 2 aromatic heterocycles. The molecule has 0 amide bonds. The third kappa shape index (κ3) is 2.18. The molecule has 2 heterocycles. The third-order valence-corrected chi connectivity index (χ3v) is 3.64. The van der Waals surface area contributed by atoms with Crippen molar-refractivity contribution in [3.05, 3.63) is 46.9 Å². The summed E-state index contributed by atoms with van der Waals surface area (Å²) in [6.07, 6.45) is 1.44. The first-order chi connectivity index (χ1) is 10.1. The molecule has 0 radical (unpaired) electrons. The smallest absolute Gasteiger partial charge is 0.255 e. The fourth-order valence-corrected chi connectivity index (χ4v) is 2.32. The van der Waals surface area contributed by atoms with Crippen LogP contribution in [0.3, 0.4) is 0 Å². The molecule has 3 rings (SSSR count). The van der Waals surface area contributed by atoms with Gasteiger partial charge in [0.1, 0.15) is 17.3 Å². The van der Waals surface area contributed by atoms with Crippen molar-refractivity contribution in [2.45, 2.75) is 6.92 Å². The Balaban J connectivity index is 2.16. The van der Waals surface area contributed by atoms with Gasteiger partial charge in [0.05, 0.1) is 11.6 Å². The maximum Gasteiger partial charge on any atom is 0.255 e. The van der Waals surface area contributed by atoms with Crippen LogP contribution in [0.2, 0.25) is 5.15 Å². The summed E-state index contributed by atoms with van der Waals surface area (Å²) in [6, 6.07) is 9.37. The summed E-state index contributed by atoms with van der Waals surface area (Å²) in [5, 5.41) is 13.5. The van der Waals surface area contributed by atoms with Crippen LogP contribution in [0, 0.1) is 18.3 Å². The fourth-order valence-electron chi connectivity index (χ4n) is 2.16. The summed E-state index contributed by atoms with van der Waals surface area (Å²) in [5.41, 5.74) is 2.33. The van der Waals surface area contributed by atoms with Crippen molar-refractivity contribution in [3.8, 4) is 6.07 Å². The van der Waals surface area contributed by atoms with Gasteiger partial charge in [-0.3, -0.25) is 0 Å². The standard InChI is InChI=1S/C14H11ClN6/c1-9-12(15)19-14-17-8-18-21(14)13(9)20(2)11-5-3-10(7-16)4-6-11/h3-6,8H,1-2H3. The number of halogens is 1. The highest BCUT2D eigenvalue weighted by Crippen LogP contribution is 2.30. The summed E-state index contributed by atoms with van der Waals surface area (Å²) in [4.78, 5) is 10.2. The largest absolute Gasteiger partial charge is 0.329 e. The Hall–Kier alpha value is -2.65. The van der Waals surface area contributed by atoms with Crippen molar-refractivity contribution in [1.29, 1.82) is 5.26 Å². The van der Waals surface area contributed by atoms with Gasteiger partial charge in [0.15, 0.2) is 0 Å². The van der Waals surface area contributed by atoms with Gasteiger partial charge in [0.2, 0.25) is 0 Å². The second-order valence-electron chi connectivity index (χ2n) is 4.54. The molecule has 0 saturated heterocycles. The first-order valence-electron chi connectivity index (χ1n) is 6.21. The molecule has 0 saturated carbocycles. The summed E-state index contributed by atoms with van der Waals surface area (Å²) in [6.45, 7) is 1.88. The molecule has 3 aromatic rings. The van der Waals surface area contributed by atoms with Gasteiger partial charge in [-0.05, 0) is 31.2 Å². The maximum absolute atomic E-state index is 8.87. The van der Waals surface area contributed by atoms with Gasteiger partial charge in [0, 0.05) is 18.3 Å². The van der Waals surface area contributed by atoms with Crippen molar-refractivity contribution in [3.63, 3.8) is 0 Å². The van der Waals surface area contributed by atoms with E-state index in [1.165, 1.54) is 6.33 Å². The van der Waals surface area contributed by atoms with E-state index >= 15 is 0 Å². The van der Waals surface area contributed by atoms with E-state index in [0.717, 1.165) is 17.1 Å². The van der Waals surface area contributed by atoms with E-state index in [1.54, 1.807) is 16.6 Å². The zero-order valence-corrected chi connectivity index (χ0v) is 12.2. The molecule has 0 unspecified atom stereocenters. The van der Waals surface area contributed by atoms with Crippen LogP contribution >= 0.6 is 11.6 Å². The molecule has 0 spiro atoms. The Morgan fingerprint density at radius 2 is 2.00 bits per heavy atom. The molecule has 0 aliphatic rings. The molecule has 104 valence electrons. The van der Waals surface area contributed by atoms with E-state index in [0.29, 0.717) is 16.5 Å². The highest BCUT2D eigenvalue weighted by molar-refractivity contribution is 6.30. The second-order valence-corrected chi connectivity index (χ2v) is 4.90. The number of benzene rings is 1.